The average molecular weight is 442 g/mol. The van der Waals surface area contributed by atoms with E-state index < -0.39 is 28.1 Å². The Morgan fingerprint density at radius 2 is 1.87 bits per heavy atom. The van der Waals surface area contributed by atoms with Crippen LogP contribution in [0.2, 0.25) is 0 Å². The Morgan fingerprint density at radius 1 is 1.06 bits per heavy atom. The summed E-state index contributed by atoms with van der Waals surface area (Å²) < 4.78 is 27.4. The van der Waals surface area contributed by atoms with Crippen molar-refractivity contribution >= 4 is 32.6 Å². The number of sulfonamides is 1. The van der Waals surface area contributed by atoms with Gasteiger partial charge in [0, 0.05) is 47.5 Å². The van der Waals surface area contributed by atoms with E-state index in [0.29, 0.717) is 31.5 Å². The highest BCUT2D eigenvalue weighted by molar-refractivity contribution is 7.89. The molecule has 1 aromatic heterocycles. The molecule has 0 unspecified atom stereocenters. The lowest BCUT2D eigenvalue weighted by Gasteiger charge is -2.36. The molecule has 0 aliphatic carbocycles. The molecule has 0 spiro atoms. The van der Waals surface area contributed by atoms with Crippen LogP contribution >= 0.6 is 0 Å². The van der Waals surface area contributed by atoms with E-state index in [1.807, 2.05) is 35.2 Å². The summed E-state index contributed by atoms with van der Waals surface area (Å²) in [6.07, 6.45) is 0.546. The maximum atomic E-state index is 13.2. The van der Waals surface area contributed by atoms with Crippen LogP contribution < -0.4 is 4.90 Å². The number of H-pyrrole nitrogens is 1. The first-order chi connectivity index (χ1) is 14.8. The Kier molecular flexibility index (Phi) is 4.76. The summed E-state index contributed by atoms with van der Waals surface area (Å²) >= 11 is 0. The Balaban J connectivity index is 1.62. The van der Waals surface area contributed by atoms with Gasteiger partial charge in [0.15, 0.2) is 0 Å². The van der Waals surface area contributed by atoms with E-state index >= 15 is 0 Å². The third kappa shape index (κ3) is 3.38. The highest BCUT2D eigenvalue weighted by Crippen LogP contribution is 2.37. The third-order valence-electron chi connectivity index (χ3n) is 6.15. The van der Waals surface area contributed by atoms with Gasteiger partial charge >= 0.3 is 5.97 Å². The number of carboxylic acids is 1. The number of aliphatic hydroxyl groups is 1. The van der Waals surface area contributed by atoms with Crippen molar-refractivity contribution in [1.29, 1.82) is 0 Å². The summed E-state index contributed by atoms with van der Waals surface area (Å²) in [6.45, 7) is 1.35. The first-order valence-corrected chi connectivity index (χ1v) is 11.7. The summed E-state index contributed by atoms with van der Waals surface area (Å²) in [5.41, 5.74) is 3.25. The second-order valence-corrected chi connectivity index (χ2v) is 9.99. The van der Waals surface area contributed by atoms with Crippen LogP contribution in [0.4, 0.5) is 5.69 Å². The van der Waals surface area contributed by atoms with Gasteiger partial charge in [-0.05, 0) is 43.2 Å². The highest BCUT2D eigenvalue weighted by Gasteiger charge is 2.43. The van der Waals surface area contributed by atoms with Crippen molar-refractivity contribution in [2.75, 3.05) is 24.5 Å². The Morgan fingerprint density at radius 3 is 2.52 bits per heavy atom. The van der Waals surface area contributed by atoms with E-state index in [0.717, 1.165) is 26.6 Å². The van der Waals surface area contributed by atoms with Gasteiger partial charge in [0.1, 0.15) is 6.04 Å². The number of aromatic nitrogens is 1. The Labute approximate surface area is 179 Å². The fraction of sp³-hybridized carbons (Fsp3) is 0.318. The normalized spacial score (nSPS) is 22.0. The topological polar surface area (TPSA) is 114 Å². The van der Waals surface area contributed by atoms with E-state index in [2.05, 4.69) is 4.98 Å². The number of fused-ring (bicyclic) bond motifs is 1. The van der Waals surface area contributed by atoms with E-state index in [1.54, 1.807) is 12.1 Å². The zero-order chi connectivity index (χ0) is 21.8. The van der Waals surface area contributed by atoms with Crippen molar-refractivity contribution in [2.24, 2.45) is 0 Å². The highest BCUT2D eigenvalue weighted by atomic mass is 32.2. The number of nitrogens with zero attached hydrogens (tertiary/aromatic N) is 2. The number of nitrogens with one attached hydrogen (secondary N) is 1. The fourth-order valence-corrected chi connectivity index (χ4v) is 6.03. The summed E-state index contributed by atoms with van der Waals surface area (Å²) in [5.74, 6) is -1.13. The lowest BCUT2D eigenvalue weighted by Crippen LogP contribution is -2.54. The molecule has 3 N–H and O–H groups in total. The molecule has 2 aliphatic rings. The number of β-amino-alcohol motifs (C(OH)–C–C–N with tert-alkyl or cyclic N) is 1. The Hall–Kier alpha value is -2.88. The lowest BCUT2D eigenvalue weighted by atomic mass is 10.1. The molecular weight excluding hydrogens is 418 g/mol. The summed E-state index contributed by atoms with van der Waals surface area (Å²) in [5, 5.41) is 20.3. The minimum atomic E-state index is -3.94. The van der Waals surface area contributed by atoms with E-state index in [4.69, 9.17) is 0 Å². The lowest BCUT2D eigenvalue weighted by molar-refractivity contribution is -0.144. The second kappa shape index (κ2) is 7.37. The number of hydrogen-bond donors (Lipinski definition) is 3. The zero-order valence-electron chi connectivity index (χ0n) is 16.7. The van der Waals surface area contributed by atoms with Crippen LogP contribution in [0.3, 0.4) is 0 Å². The number of carboxylic acid groups (broad SMARTS) is 1. The molecule has 31 heavy (non-hydrogen) atoms. The van der Waals surface area contributed by atoms with Crippen LogP contribution in [0.15, 0.2) is 53.4 Å². The maximum absolute atomic E-state index is 13.2. The number of para-hydroxylation sites is 1. The molecule has 0 amide bonds. The largest absolute Gasteiger partial charge is 0.480 e. The molecule has 3 aromatic rings. The van der Waals surface area contributed by atoms with Crippen LogP contribution in [-0.4, -0.2) is 65.7 Å². The summed E-state index contributed by atoms with van der Waals surface area (Å²) in [4.78, 5) is 16.8. The molecule has 162 valence electrons. The van der Waals surface area contributed by atoms with Crippen molar-refractivity contribution in [3.8, 4) is 11.3 Å². The minimum Gasteiger partial charge on any atom is -0.480 e. The summed E-state index contributed by atoms with van der Waals surface area (Å²) in [7, 11) is -3.94. The standard InChI is InChI=1S/C22H23N3O5S/c26-15-7-9-24(13-15)20-6-5-16(31(29,30)25-10-8-21(25)22(27)28)12-17(20)19-11-14-3-1-2-4-18(14)23-19/h1-6,11-12,15,21,23,26H,7-10,13H2,(H,27,28)/t15-,21-/m0/s1. The van der Waals surface area contributed by atoms with Crippen LogP contribution in [0.5, 0.6) is 0 Å². The molecule has 9 heteroatoms. The number of aliphatic hydroxyl groups excluding tert-OH is 1. The number of carbonyl (C=O) groups is 1. The van der Waals surface area contributed by atoms with E-state index in [-0.39, 0.29) is 11.4 Å². The van der Waals surface area contributed by atoms with Gasteiger partial charge in [0.05, 0.1) is 11.0 Å². The molecule has 5 rings (SSSR count). The van der Waals surface area contributed by atoms with Crippen molar-refractivity contribution in [1.82, 2.24) is 9.29 Å². The van der Waals surface area contributed by atoms with E-state index in [9.17, 15) is 23.4 Å². The molecule has 0 bridgehead atoms. The average Bonchev–Trinajstić information content (AvgIpc) is 3.31. The van der Waals surface area contributed by atoms with Crippen LogP contribution in [-0.2, 0) is 14.8 Å². The SMILES string of the molecule is O=C(O)[C@@H]1CCN1S(=O)(=O)c1ccc(N2CC[C@H](O)C2)c(-c2cc3ccccc3[nH]2)c1. The van der Waals surface area contributed by atoms with Gasteiger partial charge in [0.2, 0.25) is 10.0 Å². The fourth-order valence-electron chi connectivity index (χ4n) is 4.38. The number of hydrogen-bond acceptors (Lipinski definition) is 5. The first kappa shape index (κ1) is 20.0. The van der Waals surface area contributed by atoms with Crippen LogP contribution in [0, 0.1) is 0 Å². The van der Waals surface area contributed by atoms with Gasteiger partial charge in [-0.15, -0.1) is 0 Å². The Bertz CT molecular complexity index is 1240. The molecule has 2 aliphatic heterocycles. The van der Waals surface area contributed by atoms with Crippen LogP contribution in [0.1, 0.15) is 12.8 Å². The van der Waals surface area contributed by atoms with Gasteiger partial charge in [-0.3, -0.25) is 4.79 Å². The van der Waals surface area contributed by atoms with Crippen LogP contribution in [0.25, 0.3) is 22.2 Å². The van der Waals surface area contributed by atoms with Crippen molar-refractivity contribution in [3.63, 3.8) is 0 Å². The monoisotopic (exact) mass is 441 g/mol. The van der Waals surface area contributed by atoms with Gasteiger partial charge in [0.25, 0.3) is 0 Å². The second-order valence-electron chi connectivity index (χ2n) is 8.10. The molecule has 0 radical (unpaired) electrons. The van der Waals surface area contributed by atoms with E-state index in [1.165, 1.54) is 6.07 Å². The molecule has 2 aromatic carbocycles. The van der Waals surface area contributed by atoms with Crippen molar-refractivity contribution in [3.05, 3.63) is 48.5 Å². The molecule has 2 saturated heterocycles. The molecular formula is C22H23N3O5S. The summed E-state index contributed by atoms with van der Waals surface area (Å²) in [6, 6.07) is 13.6. The molecule has 3 heterocycles. The maximum Gasteiger partial charge on any atom is 0.322 e. The molecule has 2 atom stereocenters. The van der Waals surface area contributed by atoms with Crippen molar-refractivity contribution in [2.45, 2.75) is 29.9 Å². The number of rotatable bonds is 5. The number of benzene rings is 2. The van der Waals surface area contributed by atoms with Gasteiger partial charge < -0.3 is 20.1 Å². The number of aromatic amines is 1. The smallest absolute Gasteiger partial charge is 0.322 e. The molecule has 0 saturated carbocycles. The number of aliphatic carboxylic acids is 1. The molecule has 2 fully saturated rings. The predicted octanol–water partition coefficient (Wildman–Crippen LogP) is 2.25. The van der Waals surface area contributed by atoms with Crippen molar-refractivity contribution < 1.29 is 23.4 Å². The van der Waals surface area contributed by atoms with Gasteiger partial charge in [-0.2, -0.15) is 4.31 Å². The molecule has 8 nitrogen and oxygen atoms in total. The predicted molar refractivity (Wildman–Crippen MR) is 117 cm³/mol. The quantitative estimate of drug-likeness (QED) is 0.560. The van der Waals surface area contributed by atoms with Gasteiger partial charge in [-0.1, -0.05) is 18.2 Å². The minimum absolute atomic E-state index is 0.0654. The third-order valence-corrected chi connectivity index (χ3v) is 8.06. The zero-order valence-corrected chi connectivity index (χ0v) is 17.5. The van der Waals surface area contributed by atoms with Gasteiger partial charge in [-0.25, -0.2) is 8.42 Å². The first-order valence-electron chi connectivity index (χ1n) is 10.2. The number of anilines is 1.